The van der Waals surface area contributed by atoms with Crippen LogP contribution in [0.2, 0.25) is 0 Å². The highest BCUT2D eigenvalue weighted by Gasteiger charge is 2.45. The highest BCUT2D eigenvalue weighted by Crippen LogP contribution is 2.39. The van der Waals surface area contributed by atoms with Gasteiger partial charge in [-0.15, -0.1) is 0 Å². The van der Waals surface area contributed by atoms with Gasteiger partial charge in [-0.25, -0.2) is 0 Å². The molecular formula is C25H30N2O3. The number of hydrogen-bond donors (Lipinski definition) is 1. The number of rotatable bonds is 7. The van der Waals surface area contributed by atoms with Crippen LogP contribution in [0.1, 0.15) is 42.1 Å². The Bertz CT molecular complexity index is 941. The molecule has 2 aromatic rings. The van der Waals surface area contributed by atoms with Crippen LogP contribution in [0.5, 0.6) is 0 Å². The Labute approximate surface area is 178 Å². The highest BCUT2D eigenvalue weighted by molar-refractivity contribution is 6.46. The first-order chi connectivity index (χ1) is 14.4. The molecule has 0 unspecified atom stereocenters. The maximum absolute atomic E-state index is 13.0. The number of carbonyl (C=O) groups excluding carboxylic acids is 2. The van der Waals surface area contributed by atoms with E-state index < -0.39 is 17.7 Å². The molecule has 5 nitrogen and oxygen atoms in total. The van der Waals surface area contributed by atoms with Crippen molar-refractivity contribution in [1.82, 2.24) is 9.80 Å². The fraction of sp³-hybridized carbons (Fsp3) is 0.360. The molecule has 1 heterocycles. The van der Waals surface area contributed by atoms with Crippen LogP contribution in [0.15, 0.2) is 54.1 Å². The molecule has 1 amide bonds. The average Bonchev–Trinajstić information content (AvgIpc) is 3.00. The van der Waals surface area contributed by atoms with Crippen molar-refractivity contribution in [1.29, 1.82) is 0 Å². The summed E-state index contributed by atoms with van der Waals surface area (Å²) in [6, 6.07) is 14.5. The Morgan fingerprint density at radius 2 is 1.47 bits per heavy atom. The third-order valence-electron chi connectivity index (χ3n) is 5.81. The summed E-state index contributed by atoms with van der Waals surface area (Å²) in [7, 11) is 0. The fourth-order valence-electron chi connectivity index (χ4n) is 3.86. The van der Waals surface area contributed by atoms with Crippen LogP contribution in [0.3, 0.4) is 0 Å². The summed E-state index contributed by atoms with van der Waals surface area (Å²) in [6.07, 6.45) is 0. The number of hydrogen-bond acceptors (Lipinski definition) is 4. The predicted molar refractivity (Wildman–Crippen MR) is 119 cm³/mol. The summed E-state index contributed by atoms with van der Waals surface area (Å²) in [6.45, 7) is 11.0. The molecular weight excluding hydrogens is 376 g/mol. The topological polar surface area (TPSA) is 60.9 Å². The number of benzene rings is 2. The standard InChI is InChI=1S/C25H30N2O3/c1-5-26(6-2)15-16-27-22(19-11-7-17(3)8-12-19)21(24(29)25(27)30)23(28)20-13-9-18(4)10-14-20/h7-14,22,28H,5-6,15-16H2,1-4H3/b23-21+/t22-/m0/s1. The molecule has 1 saturated heterocycles. The van der Waals surface area contributed by atoms with Gasteiger partial charge in [-0.1, -0.05) is 73.5 Å². The van der Waals surface area contributed by atoms with E-state index in [0.29, 0.717) is 18.7 Å². The van der Waals surface area contributed by atoms with Crippen molar-refractivity contribution >= 4 is 17.4 Å². The normalized spacial score (nSPS) is 18.4. The Balaban J connectivity index is 2.08. The quantitative estimate of drug-likeness (QED) is 0.428. The van der Waals surface area contributed by atoms with Gasteiger partial charge in [-0.3, -0.25) is 9.59 Å². The first kappa shape index (κ1) is 21.8. The number of carbonyl (C=O) groups is 2. The van der Waals surface area contributed by atoms with Crippen LogP contribution < -0.4 is 0 Å². The molecule has 1 fully saturated rings. The van der Waals surface area contributed by atoms with Crippen LogP contribution in [0, 0.1) is 13.8 Å². The van der Waals surface area contributed by atoms with Crippen LogP contribution in [-0.4, -0.2) is 52.8 Å². The number of amides is 1. The second-order valence-electron chi connectivity index (χ2n) is 7.80. The zero-order valence-electron chi connectivity index (χ0n) is 18.2. The van der Waals surface area contributed by atoms with E-state index in [2.05, 4.69) is 18.7 Å². The molecule has 1 aliphatic rings. The molecule has 0 radical (unpaired) electrons. The molecule has 0 aromatic heterocycles. The largest absolute Gasteiger partial charge is 0.507 e. The number of Topliss-reactive ketones (excluding diaryl/α,β-unsaturated/α-hetero) is 1. The maximum atomic E-state index is 13.0. The van der Waals surface area contributed by atoms with Gasteiger partial charge in [0, 0.05) is 18.7 Å². The Hall–Kier alpha value is -2.92. The summed E-state index contributed by atoms with van der Waals surface area (Å²) >= 11 is 0. The van der Waals surface area contributed by atoms with Crippen LogP contribution in [0.25, 0.3) is 5.76 Å². The maximum Gasteiger partial charge on any atom is 0.295 e. The second kappa shape index (κ2) is 9.26. The van der Waals surface area contributed by atoms with E-state index in [9.17, 15) is 14.7 Å². The molecule has 30 heavy (non-hydrogen) atoms. The minimum absolute atomic E-state index is 0.121. The van der Waals surface area contributed by atoms with E-state index >= 15 is 0 Å². The van der Waals surface area contributed by atoms with Crippen molar-refractivity contribution in [3.8, 4) is 0 Å². The third kappa shape index (κ3) is 4.31. The molecule has 1 N–H and O–H groups in total. The van der Waals surface area contributed by atoms with E-state index in [-0.39, 0.29) is 11.3 Å². The lowest BCUT2D eigenvalue weighted by Gasteiger charge is -2.28. The summed E-state index contributed by atoms with van der Waals surface area (Å²) in [5.41, 5.74) is 3.68. The van der Waals surface area contributed by atoms with Gasteiger partial charge in [0.15, 0.2) is 0 Å². The molecule has 5 heteroatoms. The average molecular weight is 407 g/mol. The van der Waals surface area contributed by atoms with Crippen molar-refractivity contribution in [2.24, 2.45) is 0 Å². The predicted octanol–water partition coefficient (Wildman–Crippen LogP) is 4.07. The Kier molecular flexibility index (Phi) is 6.73. The van der Waals surface area contributed by atoms with Gasteiger partial charge < -0.3 is 14.9 Å². The van der Waals surface area contributed by atoms with Gasteiger partial charge in [-0.2, -0.15) is 0 Å². The zero-order valence-corrected chi connectivity index (χ0v) is 18.2. The molecule has 0 bridgehead atoms. The van der Waals surface area contributed by atoms with E-state index in [1.165, 1.54) is 0 Å². The molecule has 3 rings (SSSR count). The summed E-state index contributed by atoms with van der Waals surface area (Å²) in [5.74, 6) is -1.30. The van der Waals surface area contributed by atoms with Crippen LogP contribution >= 0.6 is 0 Å². The van der Waals surface area contributed by atoms with E-state index in [1.807, 2.05) is 50.2 Å². The highest BCUT2D eigenvalue weighted by atomic mass is 16.3. The molecule has 0 saturated carbocycles. The lowest BCUT2D eigenvalue weighted by atomic mass is 9.94. The second-order valence-corrected chi connectivity index (χ2v) is 7.80. The monoisotopic (exact) mass is 406 g/mol. The molecule has 2 aromatic carbocycles. The van der Waals surface area contributed by atoms with E-state index in [1.54, 1.807) is 17.0 Å². The number of nitrogens with zero attached hydrogens (tertiary/aromatic N) is 2. The number of likely N-dealkylation sites (N-methyl/N-ethyl adjacent to an activating group) is 1. The van der Waals surface area contributed by atoms with Crippen molar-refractivity contribution in [2.75, 3.05) is 26.2 Å². The summed E-state index contributed by atoms with van der Waals surface area (Å²) < 4.78 is 0. The smallest absolute Gasteiger partial charge is 0.295 e. The van der Waals surface area contributed by atoms with Crippen molar-refractivity contribution in [3.05, 3.63) is 76.4 Å². The molecule has 0 aliphatic carbocycles. The van der Waals surface area contributed by atoms with Crippen molar-refractivity contribution in [2.45, 2.75) is 33.7 Å². The number of aliphatic hydroxyl groups excluding tert-OH is 1. The van der Waals surface area contributed by atoms with Crippen LogP contribution in [0.4, 0.5) is 0 Å². The Morgan fingerprint density at radius 3 is 2.00 bits per heavy atom. The first-order valence-electron chi connectivity index (χ1n) is 10.5. The lowest BCUT2D eigenvalue weighted by molar-refractivity contribution is -0.140. The van der Waals surface area contributed by atoms with Crippen molar-refractivity contribution in [3.63, 3.8) is 0 Å². The zero-order chi connectivity index (χ0) is 21.8. The molecule has 0 spiro atoms. The van der Waals surface area contributed by atoms with E-state index in [4.69, 9.17) is 0 Å². The lowest BCUT2D eigenvalue weighted by Crippen LogP contribution is -2.38. The summed E-state index contributed by atoms with van der Waals surface area (Å²) in [4.78, 5) is 29.8. The minimum Gasteiger partial charge on any atom is -0.507 e. The minimum atomic E-state index is -0.627. The fourth-order valence-corrected chi connectivity index (χ4v) is 3.86. The van der Waals surface area contributed by atoms with Gasteiger partial charge in [0.05, 0.1) is 11.6 Å². The number of aryl methyl sites for hydroxylation is 2. The first-order valence-corrected chi connectivity index (χ1v) is 10.5. The summed E-state index contributed by atoms with van der Waals surface area (Å²) in [5, 5.41) is 11.0. The Morgan fingerprint density at radius 1 is 0.933 bits per heavy atom. The number of likely N-dealkylation sites (tertiary alicyclic amines) is 1. The van der Waals surface area contributed by atoms with E-state index in [0.717, 1.165) is 29.8 Å². The molecule has 1 atom stereocenters. The SMILES string of the molecule is CCN(CC)CCN1C(=O)C(=O)/C(=C(/O)c2ccc(C)cc2)[C@@H]1c1ccc(C)cc1. The molecule has 1 aliphatic heterocycles. The van der Waals surface area contributed by atoms with Gasteiger partial charge in [0.2, 0.25) is 0 Å². The van der Waals surface area contributed by atoms with Gasteiger partial charge in [0.1, 0.15) is 5.76 Å². The van der Waals surface area contributed by atoms with Gasteiger partial charge >= 0.3 is 0 Å². The number of ketones is 1. The molecule has 158 valence electrons. The van der Waals surface area contributed by atoms with Gasteiger partial charge in [-0.05, 0) is 32.5 Å². The number of aliphatic hydroxyl groups is 1. The third-order valence-corrected chi connectivity index (χ3v) is 5.81. The van der Waals surface area contributed by atoms with Crippen LogP contribution in [-0.2, 0) is 9.59 Å². The van der Waals surface area contributed by atoms with Crippen molar-refractivity contribution < 1.29 is 14.7 Å². The van der Waals surface area contributed by atoms with Gasteiger partial charge in [0.25, 0.3) is 11.7 Å².